The van der Waals surface area contributed by atoms with Crippen LogP contribution in [0, 0.1) is 0 Å². The van der Waals surface area contributed by atoms with E-state index in [-0.39, 0.29) is 17.5 Å². The molecule has 0 radical (unpaired) electrons. The fourth-order valence-electron chi connectivity index (χ4n) is 2.56. The van der Waals surface area contributed by atoms with Crippen molar-refractivity contribution in [2.24, 2.45) is 0 Å². The van der Waals surface area contributed by atoms with E-state index in [0.717, 1.165) is 12.1 Å². The standard InChI is InChI=1S/C17H12O8/c18-14(19)10-5-1-3-8(12(10)16(22)23)7-9-4-2-6-11(15(20)21)13(9)17(24)25/h1-6H,7H2,(H,18,19)(H,20,21)(H,22,23)(H,24,25). The normalized spacial score (nSPS) is 10.2. The summed E-state index contributed by atoms with van der Waals surface area (Å²) in [5.74, 6) is -5.81. The quantitative estimate of drug-likeness (QED) is 0.622. The molecule has 0 heterocycles. The number of carboxylic acids is 4. The highest BCUT2D eigenvalue weighted by atomic mass is 16.4. The minimum atomic E-state index is -1.47. The molecule has 0 amide bonds. The van der Waals surface area contributed by atoms with Crippen LogP contribution in [0.4, 0.5) is 0 Å². The molecule has 0 saturated heterocycles. The predicted octanol–water partition coefficient (Wildman–Crippen LogP) is 2.07. The Morgan fingerprint density at radius 2 is 0.960 bits per heavy atom. The molecule has 128 valence electrons. The molecule has 0 aliphatic rings. The van der Waals surface area contributed by atoms with Crippen molar-refractivity contribution in [2.45, 2.75) is 6.42 Å². The van der Waals surface area contributed by atoms with E-state index >= 15 is 0 Å². The minimum Gasteiger partial charge on any atom is -0.478 e. The predicted molar refractivity (Wildman–Crippen MR) is 83.5 cm³/mol. The van der Waals surface area contributed by atoms with Crippen LogP contribution in [0.1, 0.15) is 52.6 Å². The number of hydrogen-bond donors (Lipinski definition) is 4. The first-order valence-corrected chi connectivity index (χ1v) is 6.91. The number of aromatic carboxylic acids is 4. The van der Waals surface area contributed by atoms with Crippen molar-refractivity contribution >= 4 is 23.9 Å². The molecule has 0 atom stereocenters. The molecule has 2 aromatic carbocycles. The zero-order valence-corrected chi connectivity index (χ0v) is 12.6. The first-order chi connectivity index (χ1) is 11.7. The van der Waals surface area contributed by atoms with Gasteiger partial charge in [-0.2, -0.15) is 0 Å². The molecule has 0 spiro atoms. The van der Waals surface area contributed by atoms with Crippen molar-refractivity contribution < 1.29 is 39.6 Å². The van der Waals surface area contributed by atoms with Crippen molar-refractivity contribution in [2.75, 3.05) is 0 Å². The van der Waals surface area contributed by atoms with Crippen molar-refractivity contribution in [3.63, 3.8) is 0 Å². The Kier molecular flexibility index (Phi) is 4.83. The molecule has 2 rings (SSSR count). The van der Waals surface area contributed by atoms with E-state index in [1.54, 1.807) is 0 Å². The van der Waals surface area contributed by atoms with Crippen molar-refractivity contribution in [1.82, 2.24) is 0 Å². The van der Waals surface area contributed by atoms with Crippen LogP contribution in [-0.4, -0.2) is 44.3 Å². The summed E-state index contributed by atoms with van der Waals surface area (Å²) in [6.45, 7) is 0. The molecule has 0 bridgehead atoms. The largest absolute Gasteiger partial charge is 0.478 e. The highest BCUT2D eigenvalue weighted by Crippen LogP contribution is 2.23. The highest BCUT2D eigenvalue weighted by Gasteiger charge is 2.24. The molecule has 0 aliphatic carbocycles. The van der Waals surface area contributed by atoms with Crippen LogP contribution in [0.15, 0.2) is 36.4 Å². The molecule has 25 heavy (non-hydrogen) atoms. The summed E-state index contributed by atoms with van der Waals surface area (Å²) in [5.41, 5.74) is -1.67. The van der Waals surface area contributed by atoms with E-state index in [4.69, 9.17) is 10.2 Å². The second-order valence-electron chi connectivity index (χ2n) is 5.08. The topological polar surface area (TPSA) is 149 Å². The van der Waals surface area contributed by atoms with Crippen molar-refractivity contribution in [1.29, 1.82) is 0 Å². The average Bonchev–Trinajstić information content (AvgIpc) is 2.53. The zero-order valence-electron chi connectivity index (χ0n) is 12.6. The summed E-state index contributed by atoms with van der Waals surface area (Å²) >= 11 is 0. The molecule has 0 saturated carbocycles. The smallest absolute Gasteiger partial charge is 0.336 e. The second-order valence-corrected chi connectivity index (χ2v) is 5.08. The van der Waals surface area contributed by atoms with Gasteiger partial charge >= 0.3 is 23.9 Å². The van der Waals surface area contributed by atoms with E-state index in [1.165, 1.54) is 24.3 Å². The molecule has 0 aliphatic heterocycles. The van der Waals surface area contributed by atoms with E-state index in [9.17, 15) is 29.4 Å². The lowest BCUT2D eigenvalue weighted by molar-refractivity contribution is 0.0649. The first-order valence-electron chi connectivity index (χ1n) is 6.91. The summed E-state index contributed by atoms with van der Waals surface area (Å²) in [6, 6.07) is 7.64. The number of hydrogen-bond acceptors (Lipinski definition) is 4. The Morgan fingerprint density at radius 1 is 0.600 bits per heavy atom. The summed E-state index contributed by atoms with van der Waals surface area (Å²) in [4.78, 5) is 45.3. The number of carboxylic acid groups (broad SMARTS) is 4. The Bertz CT molecular complexity index is 824. The van der Waals surface area contributed by atoms with Gasteiger partial charge in [0.1, 0.15) is 0 Å². The molecule has 2 aromatic rings. The van der Waals surface area contributed by atoms with E-state index in [2.05, 4.69) is 0 Å². The van der Waals surface area contributed by atoms with Gasteiger partial charge in [-0.15, -0.1) is 0 Å². The molecular formula is C17H12O8. The van der Waals surface area contributed by atoms with Gasteiger partial charge in [-0.25, -0.2) is 19.2 Å². The lowest BCUT2D eigenvalue weighted by Gasteiger charge is -2.12. The van der Waals surface area contributed by atoms with Gasteiger partial charge in [0.25, 0.3) is 0 Å². The van der Waals surface area contributed by atoms with Gasteiger partial charge in [0.2, 0.25) is 0 Å². The monoisotopic (exact) mass is 344 g/mol. The number of carbonyl (C=O) groups is 4. The van der Waals surface area contributed by atoms with Crippen molar-refractivity contribution in [3.8, 4) is 0 Å². The summed E-state index contributed by atoms with van der Waals surface area (Å²) < 4.78 is 0. The summed E-state index contributed by atoms with van der Waals surface area (Å²) in [5, 5.41) is 36.9. The van der Waals surface area contributed by atoms with E-state index in [0.29, 0.717) is 0 Å². The fourth-order valence-corrected chi connectivity index (χ4v) is 2.56. The maximum atomic E-state index is 11.5. The third-order valence-corrected chi connectivity index (χ3v) is 3.57. The maximum Gasteiger partial charge on any atom is 0.336 e. The van der Waals surface area contributed by atoms with Crippen LogP contribution < -0.4 is 0 Å². The van der Waals surface area contributed by atoms with Crippen LogP contribution in [0.3, 0.4) is 0 Å². The SMILES string of the molecule is O=C(O)c1cccc(Cc2cccc(C(=O)O)c2C(=O)O)c1C(=O)O. The molecule has 4 N–H and O–H groups in total. The Morgan fingerprint density at radius 3 is 1.24 bits per heavy atom. The van der Waals surface area contributed by atoms with Gasteiger partial charge < -0.3 is 20.4 Å². The second kappa shape index (κ2) is 6.83. The molecule has 8 heteroatoms. The highest BCUT2D eigenvalue weighted by molar-refractivity contribution is 6.04. The van der Waals surface area contributed by atoms with Crippen LogP contribution in [0.2, 0.25) is 0 Å². The third kappa shape index (κ3) is 3.47. The summed E-state index contributed by atoms with van der Waals surface area (Å²) in [7, 11) is 0. The van der Waals surface area contributed by atoms with E-state index in [1.807, 2.05) is 0 Å². The minimum absolute atomic E-state index is 0.0671. The average molecular weight is 344 g/mol. The Hall–Kier alpha value is -3.68. The van der Waals surface area contributed by atoms with Crippen molar-refractivity contribution in [3.05, 3.63) is 69.8 Å². The fraction of sp³-hybridized carbons (Fsp3) is 0.0588. The molecule has 0 unspecified atom stereocenters. The number of benzene rings is 2. The maximum absolute atomic E-state index is 11.5. The van der Waals surface area contributed by atoms with Gasteiger partial charge in [-0.1, -0.05) is 24.3 Å². The molecule has 0 fully saturated rings. The Labute approximate surface area is 140 Å². The summed E-state index contributed by atoms with van der Waals surface area (Å²) in [6.07, 6.45) is -0.245. The van der Waals surface area contributed by atoms with Crippen LogP contribution in [0.5, 0.6) is 0 Å². The molecule has 0 aromatic heterocycles. The van der Waals surface area contributed by atoms with Gasteiger partial charge in [0.15, 0.2) is 0 Å². The lowest BCUT2D eigenvalue weighted by Crippen LogP contribution is -2.14. The number of rotatable bonds is 6. The lowest BCUT2D eigenvalue weighted by atomic mass is 9.91. The van der Waals surface area contributed by atoms with Gasteiger partial charge in [0.05, 0.1) is 22.3 Å². The zero-order chi connectivity index (χ0) is 18.7. The van der Waals surface area contributed by atoms with E-state index < -0.39 is 46.1 Å². The van der Waals surface area contributed by atoms with Gasteiger partial charge in [-0.05, 0) is 29.7 Å². The van der Waals surface area contributed by atoms with Crippen LogP contribution >= 0.6 is 0 Å². The van der Waals surface area contributed by atoms with Crippen LogP contribution in [0.25, 0.3) is 0 Å². The molecular weight excluding hydrogens is 332 g/mol. The van der Waals surface area contributed by atoms with Gasteiger partial charge in [0, 0.05) is 0 Å². The first kappa shape index (κ1) is 17.7. The van der Waals surface area contributed by atoms with Gasteiger partial charge in [-0.3, -0.25) is 0 Å². The Balaban J connectivity index is 2.66. The van der Waals surface area contributed by atoms with Crippen LogP contribution in [-0.2, 0) is 6.42 Å². The third-order valence-electron chi connectivity index (χ3n) is 3.57. The molecule has 8 nitrogen and oxygen atoms in total.